The number of carbonyl (C=O) groups is 2. The van der Waals surface area contributed by atoms with Gasteiger partial charge in [0.25, 0.3) is 11.8 Å². The van der Waals surface area contributed by atoms with E-state index in [2.05, 4.69) is 31.4 Å². The molecule has 4 nitrogen and oxygen atoms in total. The summed E-state index contributed by atoms with van der Waals surface area (Å²) in [7, 11) is 0. The fourth-order valence-electron chi connectivity index (χ4n) is 3.62. The van der Waals surface area contributed by atoms with Gasteiger partial charge in [0.2, 0.25) is 0 Å². The van der Waals surface area contributed by atoms with Gasteiger partial charge >= 0.3 is 0 Å². The van der Waals surface area contributed by atoms with Gasteiger partial charge in [0.15, 0.2) is 0 Å². The minimum absolute atomic E-state index is 0.0405. The van der Waals surface area contributed by atoms with Crippen LogP contribution in [0.3, 0.4) is 0 Å². The molecular weight excluding hydrogens is 348 g/mol. The van der Waals surface area contributed by atoms with Gasteiger partial charge in [-0.25, -0.2) is 0 Å². The first-order valence-electron chi connectivity index (χ1n) is 10.2. The van der Waals surface area contributed by atoms with Gasteiger partial charge in [-0.15, -0.1) is 0 Å². The molecule has 2 N–H and O–H groups in total. The van der Waals surface area contributed by atoms with Crippen molar-refractivity contribution in [2.45, 2.75) is 64.3 Å². The molecule has 3 rings (SSSR count). The first-order valence-corrected chi connectivity index (χ1v) is 10.2. The van der Waals surface area contributed by atoms with E-state index in [1.807, 2.05) is 36.4 Å². The lowest BCUT2D eigenvalue weighted by Crippen LogP contribution is -2.36. The average Bonchev–Trinajstić information content (AvgIpc) is 2.68. The van der Waals surface area contributed by atoms with Crippen molar-refractivity contribution in [1.82, 2.24) is 5.32 Å². The van der Waals surface area contributed by atoms with Crippen LogP contribution in [0.4, 0.5) is 5.69 Å². The molecule has 1 aliphatic rings. The number of amides is 2. The average molecular weight is 379 g/mol. The number of benzene rings is 2. The van der Waals surface area contributed by atoms with Crippen molar-refractivity contribution in [2.75, 3.05) is 5.32 Å². The molecule has 0 heterocycles. The Morgan fingerprint density at radius 1 is 0.857 bits per heavy atom. The fourth-order valence-corrected chi connectivity index (χ4v) is 3.62. The predicted octanol–water partition coefficient (Wildman–Crippen LogP) is 5.30. The Hall–Kier alpha value is -2.62. The predicted molar refractivity (Wildman–Crippen MR) is 114 cm³/mol. The smallest absolute Gasteiger partial charge is 0.255 e. The van der Waals surface area contributed by atoms with Crippen molar-refractivity contribution in [2.24, 2.45) is 0 Å². The summed E-state index contributed by atoms with van der Waals surface area (Å²) in [5.74, 6) is -0.329. The first kappa shape index (κ1) is 20.1. The van der Waals surface area contributed by atoms with Crippen LogP contribution in [0.25, 0.3) is 0 Å². The minimum atomic E-state index is -0.210. The molecule has 28 heavy (non-hydrogen) atoms. The third-order valence-electron chi connectivity index (χ3n) is 5.37. The Morgan fingerprint density at radius 2 is 1.50 bits per heavy atom. The van der Waals surface area contributed by atoms with Crippen LogP contribution in [0.1, 0.15) is 79.2 Å². The highest BCUT2D eigenvalue weighted by molar-refractivity contribution is 6.09. The number of para-hydroxylation sites is 1. The van der Waals surface area contributed by atoms with E-state index in [0.29, 0.717) is 16.8 Å². The largest absolute Gasteiger partial charge is 0.349 e. The lowest BCUT2D eigenvalue weighted by Gasteiger charge is -2.23. The zero-order valence-electron chi connectivity index (χ0n) is 17.0. The lowest BCUT2D eigenvalue weighted by molar-refractivity contribution is 0.0928. The Kier molecular flexibility index (Phi) is 6.18. The Labute approximate surface area is 167 Å². The molecule has 2 aromatic carbocycles. The second-order valence-electron chi connectivity index (χ2n) is 8.64. The van der Waals surface area contributed by atoms with Crippen molar-refractivity contribution < 1.29 is 9.59 Å². The van der Waals surface area contributed by atoms with Crippen LogP contribution >= 0.6 is 0 Å². The molecule has 1 fully saturated rings. The number of carbonyl (C=O) groups excluding carboxylic acids is 2. The van der Waals surface area contributed by atoms with Crippen LogP contribution in [0.5, 0.6) is 0 Å². The molecule has 0 aliphatic heterocycles. The van der Waals surface area contributed by atoms with Gasteiger partial charge in [0.1, 0.15) is 0 Å². The maximum atomic E-state index is 12.7. The van der Waals surface area contributed by atoms with Crippen LogP contribution in [0.15, 0.2) is 48.5 Å². The highest BCUT2D eigenvalue weighted by Gasteiger charge is 2.20. The van der Waals surface area contributed by atoms with Crippen LogP contribution in [0, 0.1) is 0 Å². The van der Waals surface area contributed by atoms with Gasteiger partial charge in [0.05, 0.1) is 11.3 Å². The maximum Gasteiger partial charge on any atom is 0.255 e. The molecule has 0 atom stereocenters. The summed E-state index contributed by atoms with van der Waals surface area (Å²) in [4.78, 5) is 25.4. The number of nitrogens with one attached hydrogen (secondary N) is 2. The van der Waals surface area contributed by atoms with Crippen LogP contribution in [-0.2, 0) is 5.41 Å². The number of rotatable bonds is 4. The van der Waals surface area contributed by atoms with E-state index in [-0.39, 0.29) is 23.3 Å². The zero-order chi connectivity index (χ0) is 20.1. The first-order chi connectivity index (χ1) is 13.3. The molecule has 2 aromatic rings. The van der Waals surface area contributed by atoms with Gasteiger partial charge in [-0.2, -0.15) is 0 Å². The number of hydrogen-bond acceptors (Lipinski definition) is 2. The molecule has 1 saturated carbocycles. The number of hydrogen-bond donors (Lipinski definition) is 2. The summed E-state index contributed by atoms with van der Waals surface area (Å²) in [6.45, 7) is 6.43. The Morgan fingerprint density at radius 3 is 2.14 bits per heavy atom. The minimum Gasteiger partial charge on any atom is -0.349 e. The standard InChI is InChI=1S/C24H30N2O2/c1-24(2,3)18-15-13-17(14-16-18)22(27)26-21-12-8-7-11-20(21)23(28)25-19-9-5-4-6-10-19/h7-8,11-16,19H,4-6,9-10H2,1-3H3,(H,25,28)(H,26,27). The molecule has 1 aliphatic carbocycles. The summed E-state index contributed by atoms with van der Waals surface area (Å²) >= 11 is 0. The molecular formula is C24H30N2O2. The van der Waals surface area contributed by atoms with Crippen molar-refractivity contribution >= 4 is 17.5 Å². The molecule has 148 valence electrons. The summed E-state index contributed by atoms with van der Waals surface area (Å²) in [6.07, 6.45) is 5.62. The molecule has 0 spiro atoms. The third-order valence-corrected chi connectivity index (χ3v) is 5.37. The van der Waals surface area contributed by atoms with Crippen molar-refractivity contribution in [1.29, 1.82) is 0 Å². The van der Waals surface area contributed by atoms with Crippen molar-refractivity contribution in [3.05, 3.63) is 65.2 Å². The molecule has 0 unspecified atom stereocenters. The summed E-state index contributed by atoms with van der Waals surface area (Å²) in [6, 6.07) is 15.1. The fraction of sp³-hybridized carbons (Fsp3) is 0.417. The molecule has 0 aromatic heterocycles. The summed E-state index contributed by atoms with van der Waals surface area (Å²) in [5.41, 5.74) is 2.85. The molecule has 4 heteroatoms. The van der Waals surface area contributed by atoms with E-state index < -0.39 is 0 Å². The quantitative estimate of drug-likeness (QED) is 0.758. The van der Waals surface area contributed by atoms with E-state index in [1.54, 1.807) is 12.1 Å². The third kappa shape index (κ3) is 5.00. The topological polar surface area (TPSA) is 58.2 Å². The molecule has 2 amide bonds. The highest BCUT2D eigenvalue weighted by atomic mass is 16.2. The monoisotopic (exact) mass is 378 g/mol. The van der Waals surface area contributed by atoms with Gasteiger partial charge in [0, 0.05) is 11.6 Å². The van der Waals surface area contributed by atoms with E-state index in [1.165, 1.54) is 12.0 Å². The van der Waals surface area contributed by atoms with Crippen molar-refractivity contribution in [3.63, 3.8) is 0 Å². The van der Waals surface area contributed by atoms with Gasteiger partial charge in [-0.1, -0.05) is 64.3 Å². The second-order valence-corrected chi connectivity index (χ2v) is 8.64. The zero-order valence-corrected chi connectivity index (χ0v) is 17.0. The Bertz CT molecular complexity index is 828. The van der Waals surface area contributed by atoms with Crippen LogP contribution < -0.4 is 10.6 Å². The van der Waals surface area contributed by atoms with Crippen LogP contribution in [0.2, 0.25) is 0 Å². The van der Waals surface area contributed by atoms with Gasteiger partial charge in [-0.05, 0) is 48.1 Å². The lowest BCUT2D eigenvalue weighted by atomic mass is 9.86. The second kappa shape index (κ2) is 8.59. The van der Waals surface area contributed by atoms with E-state index in [9.17, 15) is 9.59 Å². The molecule has 0 saturated heterocycles. The normalized spacial score (nSPS) is 15.1. The number of anilines is 1. The van der Waals surface area contributed by atoms with E-state index >= 15 is 0 Å². The van der Waals surface area contributed by atoms with Gasteiger partial charge in [-0.3, -0.25) is 9.59 Å². The molecule has 0 radical (unpaired) electrons. The van der Waals surface area contributed by atoms with E-state index in [4.69, 9.17) is 0 Å². The highest BCUT2D eigenvalue weighted by Crippen LogP contribution is 2.23. The summed E-state index contributed by atoms with van der Waals surface area (Å²) in [5, 5.41) is 6.03. The van der Waals surface area contributed by atoms with Gasteiger partial charge < -0.3 is 10.6 Å². The SMILES string of the molecule is CC(C)(C)c1ccc(C(=O)Nc2ccccc2C(=O)NC2CCCCC2)cc1. The molecule has 0 bridgehead atoms. The maximum absolute atomic E-state index is 12.7. The van der Waals surface area contributed by atoms with E-state index in [0.717, 1.165) is 25.7 Å². The van der Waals surface area contributed by atoms with Crippen molar-refractivity contribution in [3.8, 4) is 0 Å². The summed E-state index contributed by atoms with van der Waals surface area (Å²) < 4.78 is 0. The van der Waals surface area contributed by atoms with Crippen LogP contribution in [-0.4, -0.2) is 17.9 Å². The Balaban J connectivity index is 1.72.